The number of rotatable bonds is 4. The summed E-state index contributed by atoms with van der Waals surface area (Å²) in [4.78, 5) is 0.0161. The van der Waals surface area contributed by atoms with Crippen molar-refractivity contribution in [3.63, 3.8) is 0 Å². The molecule has 0 aliphatic rings. The fraction of sp³-hybridized carbons (Fsp3) is 0.100. The lowest BCUT2D eigenvalue weighted by molar-refractivity contribution is 0.402. The molecule has 8 heteroatoms. The van der Waals surface area contributed by atoms with E-state index < -0.39 is 10.0 Å². The number of halogens is 1. The van der Waals surface area contributed by atoms with Crippen molar-refractivity contribution in [2.75, 3.05) is 11.8 Å². The molecule has 0 amide bonds. The van der Waals surface area contributed by atoms with Crippen molar-refractivity contribution in [2.24, 2.45) is 0 Å². The molecular weight excluding hydrogens is 324 g/mol. The molecule has 0 saturated heterocycles. The van der Waals surface area contributed by atoms with Crippen molar-refractivity contribution >= 4 is 31.8 Å². The largest absolute Gasteiger partial charge is 0.495 e. The van der Waals surface area contributed by atoms with Gasteiger partial charge in [0.05, 0.1) is 7.11 Å². The smallest absolute Gasteiger partial charge is 0.266 e. The Morgan fingerprint density at radius 3 is 2.78 bits per heavy atom. The Kier molecular flexibility index (Phi) is 3.58. The highest BCUT2D eigenvalue weighted by Gasteiger charge is 2.20. The number of ether oxygens (including phenoxy) is 1. The van der Waals surface area contributed by atoms with Gasteiger partial charge in [0.1, 0.15) is 16.9 Å². The molecule has 1 heterocycles. The fourth-order valence-electron chi connectivity index (χ4n) is 1.32. The molecule has 96 valence electrons. The Bertz CT molecular complexity index is 640. The van der Waals surface area contributed by atoms with Crippen molar-refractivity contribution < 1.29 is 17.7 Å². The lowest BCUT2D eigenvalue weighted by atomic mass is 10.3. The minimum absolute atomic E-state index is 0.0161. The minimum Gasteiger partial charge on any atom is -0.495 e. The van der Waals surface area contributed by atoms with Gasteiger partial charge < -0.3 is 9.26 Å². The summed E-state index contributed by atoms with van der Waals surface area (Å²) in [6.45, 7) is 0. The molecule has 0 aliphatic heterocycles. The molecule has 0 spiro atoms. The zero-order valence-corrected chi connectivity index (χ0v) is 11.7. The molecule has 2 rings (SSSR count). The third-order valence-electron chi connectivity index (χ3n) is 2.09. The molecule has 6 nitrogen and oxygen atoms in total. The van der Waals surface area contributed by atoms with Crippen LogP contribution in [0.5, 0.6) is 5.75 Å². The molecule has 0 atom stereocenters. The summed E-state index contributed by atoms with van der Waals surface area (Å²) < 4.78 is 36.8. The molecule has 1 aromatic carbocycles. The zero-order valence-electron chi connectivity index (χ0n) is 9.25. The highest BCUT2D eigenvalue weighted by molar-refractivity contribution is 9.10. The number of nitrogens with zero attached hydrogens (tertiary/aromatic N) is 1. The molecule has 1 N–H and O–H groups in total. The van der Waals surface area contributed by atoms with E-state index in [2.05, 4.69) is 30.3 Å². The Hall–Kier alpha value is -1.54. The van der Waals surface area contributed by atoms with Crippen LogP contribution >= 0.6 is 15.9 Å². The van der Waals surface area contributed by atoms with E-state index in [0.29, 0.717) is 4.47 Å². The Labute approximate surface area is 112 Å². The number of nitrogens with one attached hydrogen (secondary N) is 1. The molecule has 1 aromatic heterocycles. The number of methoxy groups -OCH3 is 1. The predicted molar refractivity (Wildman–Crippen MR) is 68.0 cm³/mol. The van der Waals surface area contributed by atoms with Crippen LogP contribution in [0.4, 0.5) is 5.82 Å². The van der Waals surface area contributed by atoms with Gasteiger partial charge in [0.25, 0.3) is 10.0 Å². The molecule has 0 aliphatic carbocycles. The van der Waals surface area contributed by atoms with Gasteiger partial charge in [-0.05, 0) is 18.2 Å². The van der Waals surface area contributed by atoms with Crippen LogP contribution in [0.15, 0.2) is 44.4 Å². The van der Waals surface area contributed by atoms with Crippen molar-refractivity contribution in [3.8, 4) is 5.75 Å². The number of hydrogen-bond acceptors (Lipinski definition) is 5. The average molecular weight is 333 g/mol. The molecule has 0 bridgehead atoms. The van der Waals surface area contributed by atoms with Crippen LogP contribution in [0.1, 0.15) is 0 Å². The van der Waals surface area contributed by atoms with Crippen molar-refractivity contribution in [3.05, 3.63) is 35.0 Å². The molecule has 0 fully saturated rings. The summed E-state index contributed by atoms with van der Waals surface area (Å²) in [6.07, 6.45) is 1.27. The van der Waals surface area contributed by atoms with Crippen LogP contribution in [0.2, 0.25) is 0 Å². The van der Waals surface area contributed by atoms with Crippen LogP contribution in [-0.2, 0) is 10.0 Å². The summed E-state index contributed by atoms with van der Waals surface area (Å²) in [5.41, 5.74) is 0. The first-order chi connectivity index (χ1) is 8.53. The van der Waals surface area contributed by atoms with E-state index in [0.717, 1.165) is 0 Å². The fourth-order valence-corrected chi connectivity index (χ4v) is 3.02. The third kappa shape index (κ3) is 2.65. The van der Waals surface area contributed by atoms with E-state index >= 15 is 0 Å². The summed E-state index contributed by atoms with van der Waals surface area (Å²) >= 11 is 3.21. The summed E-state index contributed by atoms with van der Waals surface area (Å²) in [5, 5.41) is 3.49. The first-order valence-corrected chi connectivity index (χ1v) is 7.07. The minimum atomic E-state index is -3.78. The van der Waals surface area contributed by atoms with Gasteiger partial charge in [0, 0.05) is 10.5 Å². The third-order valence-corrected chi connectivity index (χ3v) is 3.96. The van der Waals surface area contributed by atoms with E-state index in [1.807, 2.05) is 0 Å². The maximum atomic E-state index is 12.1. The van der Waals surface area contributed by atoms with Gasteiger partial charge in [-0.2, -0.15) is 0 Å². The van der Waals surface area contributed by atoms with Crippen LogP contribution < -0.4 is 9.46 Å². The molecule has 0 unspecified atom stereocenters. The first-order valence-electron chi connectivity index (χ1n) is 4.79. The van der Waals surface area contributed by atoms with Crippen molar-refractivity contribution in [2.45, 2.75) is 4.90 Å². The average Bonchev–Trinajstić information content (AvgIpc) is 2.81. The number of sulfonamides is 1. The number of hydrogen-bond donors (Lipinski definition) is 1. The number of aromatic nitrogens is 1. The second-order valence-corrected chi connectivity index (χ2v) is 5.85. The molecular formula is C10H9BrN2O4S. The Morgan fingerprint density at radius 2 is 2.17 bits per heavy atom. The summed E-state index contributed by atoms with van der Waals surface area (Å²) in [5.74, 6) is 0.353. The highest BCUT2D eigenvalue weighted by Crippen LogP contribution is 2.28. The van der Waals surface area contributed by atoms with Crippen LogP contribution in [0.3, 0.4) is 0 Å². The van der Waals surface area contributed by atoms with Crippen LogP contribution in [0.25, 0.3) is 0 Å². The van der Waals surface area contributed by atoms with Crippen LogP contribution in [-0.4, -0.2) is 20.7 Å². The standard InChI is InChI=1S/C10H9BrN2O4S/c1-16-8-3-2-7(11)6-9(8)18(14,15)13-10-4-5-17-12-10/h2-6H,1H3,(H,12,13). The summed E-state index contributed by atoms with van der Waals surface area (Å²) in [6, 6.07) is 6.10. The molecule has 0 radical (unpaired) electrons. The predicted octanol–water partition coefficient (Wildman–Crippen LogP) is 2.25. The van der Waals surface area contributed by atoms with E-state index in [-0.39, 0.29) is 16.5 Å². The van der Waals surface area contributed by atoms with Gasteiger partial charge in [-0.1, -0.05) is 21.1 Å². The van der Waals surface area contributed by atoms with Crippen molar-refractivity contribution in [1.29, 1.82) is 0 Å². The maximum absolute atomic E-state index is 12.1. The topological polar surface area (TPSA) is 81.4 Å². The number of anilines is 1. The Morgan fingerprint density at radius 1 is 1.39 bits per heavy atom. The van der Waals surface area contributed by atoms with E-state index in [1.54, 1.807) is 12.1 Å². The van der Waals surface area contributed by atoms with Crippen LogP contribution in [0, 0.1) is 0 Å². The second-order valence-electron chi connectivity index (χ2n) is 3.29. The van der Waals surface area contributed by atoms with Gasteiger partial charge in [-0.25, -0.2) is 8.42 Å². The molecule has 2 aromatic rings. The van der Waals surface area contributed by atoms with Gasteiger partial charge >= 0.3 is 0 Å². The molecule has 18 heavy (non-hydrogen) atoms. The summed E-state index contributed by atoms with van der Waals surface area (Å²) in [7, 11) is -2.37. The Balaban J connectivity index is 2.43. The van der Waals surface area contributed by atoms with Crippen molar-refractivity contribution in [1.82, 2.24) is 5.16 Å². The maximum Gasteiger partial charge on any atom is 0.266 e. The quantitative estimate of drug-likeness (QED) is 0.928. The lowest BCUT2D eigenvalue weighted by Gasteiger charge is -2.10. The first kappa shape index (κ1) is 12.9. The molecule has 0 saturated carbocycles. The monoisotopic (exact) mass is 332 g/mol. The number of benzene rings is 1. The van der Waals surface area contributed by atoms with Gasteiger partial charge in [-0.3, -0.25) is 4.72 Å². The SMILES string of the molecule is COc1ccc(Br)cc1S(=O)(=O)Nc1ccon1. The second kappa shape index (κ2) is 4.99. The van der Waals surface area contributed by atoms with Gasteiger partial charge in [0.2, 0.25) is 0 Å². The lowest BCUT2D eigenvalue weighted by Crippen LogP contribution is -2.14. The van der Waals surface area contributed by atoms with E-state index in [1.165, 1.54) is 25.5 Å². The zero-order chi connectivity index (χ0) is 13.2. The van der Waals surface area contributed by atoms with E-state index in [4.69, 9.17) is 4.74 Å². The highest BCUT2D eigenvalue weighted by atomic mass is 79.9. The normalized spacial score (nSPS) is 11.2. The van der Waals surface area contributed by atoms with E-state index in [9.17, 15) is 8.42 Å². The van der Waals surface area contributed by atoms with Gasteiger partial charge in [-0.15, -0.1) is 0 Å². The van der Waals surface area contributed by atoms with Gasteiger partial charge in [0.15, 0.2) is 5.82 Å².